The highest BCUT2D eigenvalue weighted by molar-refractivity contribution is 7.98. The first kappa shape index (κ1) is 30.2. The zero-order chi connectivity index (χ0) is 27.6. The molecule has 0 saturated heterocycles. The van der Waals surface area contributed by atoms with E-state index in [9.17, 15) is 19.2 Å². The van der Waals surface area contributed by atoms with Crippen LogP contribution in [0.2, 0.25) is 0 Å². The number of esters is 1. The fourth-order valence-corrected chi connectivity index (χ4v) is 4.40. The Morgan fingerprint density at radius 3 is 2.49 bits per heavy atom. The largest absolute Gasteiger partial charge is 0.468 e. The molecule has 204 valence electrons. The summed E-state index contributed by atoms with van der Waals surface area (Å²) in [6.07, 6.45) is 5.64. The first-order valence-corrected chi connectivity index (χ1v) is 13.8. The van der Waals surface area contributed by atoms with Crippen LogP contribution in [0, 0.1) is 0 Å². The number of methoxy groups -OCH3 is 1. The van der Waals surface area contributed by atoms with Gasteiger partial charge in [0.05, 0.1) is 7.11 Å². The SMILES string of the molecule is C=Cc1cccc(C(C(=O)NCC(=O)OC)N(C(=O)C(CCSC)NC(=O)OC(C)(C)C)C2CCC2)c1. The molecule has 9 nitrogen and oxygen atoms in total. The number of alkyl carbamates (subject to hydrolysis) is 1. The van der Waals surface area contributed by atoms with Gasteiger partial charge in [0.2, 0.25) is 11.8 Å². The number of carbonyl (C=O) groups is 4. The van der Waals surface area contributed by atoms with E-state index in [4.69, 9.17) is 4.74 Å². The van der Waals surface area contributed by atoms with E-state index in [1.54, 1.807) is 61.7 Å². The number of amides is 3. The van der Waals surface area contributed by atoms with Crippen molar-refractivity contribution >= 4 is 41.7 Å². The van der Waals surface area contributed by atoms with Gasteiger partial charge in [-0.1, -0.05) is 30.9 Å². The van der Waals surface area contributed by atoms with Gasteiger partial charge in [0.1, 0.15) is 24.2 Å². The number of ether oxygens (including phenoxy) is 2. The lowest BCUT2D eigenvalue weighted by molar-refractivity contribution is -0.148. The van der Waals surface area contributed by atoms with Crippen LogP contribution in [0.5, 0.6) is 0 Å². The average molecular weight is 534 g/mol. The van der Waals surface area contributed by atoms with Crippen LogP contribution < -0.4 is 10.6 Å². The summed E-state index contributed by atoms with van der Waals surface area (Å²) in [5.74, 6) is -0.854. The number of hydrogen-bond donors (Lipinski definition) is 2. The Balaban J connectivity index is 2.48. The molecule has 0 radical (unpaired) electrons. The van der Waals surface area contributed by atoms with Crippen molar-refractivity contribution in [2.24, 2.45) is 0 Å². The Morgan fingerprint density at radius 1 is 1.24 bits per heavy atom. The van der Waals surface area contributed by atoms with Crippen molar-refractivity contribution in [1.29, 1.82) is 0 Å². The van der Waals surface area contributed by atoms with E-state index in [1.807, 2.05) is 12.3 Å². The van der Waals surface area contributed by atoms with E-state index in [1.165, 1.54) is 7.11 Å². The first-order valence-electron chi connectivity index (χ1n) is 12.4. The van der Waals surface area contributed by atoms with Crippen LogP contribution in [0.3, 0.4) is 0 Å². The second-order valence-corrected chi connectivity index (χ2v) is 10.9. The van der Waals surface area contributed by atoms with Crippen molar-refractivity contribution in [2.45, 2.75) is 70.2 Å². The molecule has 2 atom stereocenters. The van der Waals surface area contributed by atoms with E-state index in [-0.39, 0.29) is 18.5 Å². The predicted octanol–water partition coefficient (Wildman–Crippen LogP) is 3.69. The molecular formula is C27H39N3O6S. The van der Waals surface area contributed by atoms with Crippen LogP contribution in [0.25, 0.3) is 6.08 Å². The molecule has 0 spiro atoms. The molecule has 0 aromatic heterocycles. The maximum absolute atomic E-state index is 14.1. The molecule has 10 heteroatoms. The molecule has 1 aliphatic carbocycles. The number of nitrogens with zero attached hydrogens (tertiary/aromatic N) is 1. The topological polar surface area (TPSA) is 114 Å². The highest BCUT2D eigenvalue weighted by atomic mass is 32.2. The predicted molar refractivity (Wildman–Crippen MR) is 145 cm³/mol. The summed E-state index contributed by atoms with van der Waals surface area (Å²) in [6.45, 7) is 8.73. The van der Waals surface area contributed by atoms with E-state index in [2.05, 4.69) is 21.9 Å². The van der Waals surface area contributed by atoms with E-state index < -0.39 is 35.7 Å². The molecule has 3 amide bonds. The Labute approximate surface area is 223 Å². The third-order valence-electron chi connectivity index (χ3n) is 5.95. The minimum absolute atomic E-state index is 0.189. The highest BCUT2D eigenvalue weighted by Crippen LogP contribution is 2.34. The Kier molecular flexibility index (Phi) is 11.5. The average Bonchev–Trinajstić information content (AvgIpc) is 2.82. The molecular weight excluding hydrogens is 494 g/mol. The fourth-order valence-electron chi connectivity index (χ4n) is 3.93. The van der Waals surface area contributed by atoms with Crippen LogP contribution in [0.15, 0.2) is 30.8 Å². The second kappa shape index (κ2) is 14.1. The van der Waals surface area contributed by atoms with Crippen LogP contribution >= 0.6 is 11.8 Å². The lowest BCUT2D eigenvalue weighted by atomic mass is 9.87. The van der Waals surface area contributed by atoms with Gasteiger partial charge >= 0.3 is 12.1 Å². The highest BCUT2D eigenvalue weighted by Gasteiger charge is 2.42. The van der Waals surface area contributed by atoms with Crippen molar-refractivity contribution in [1.82, 2.24) is 15.5 Å². The summed E-state index contributed by atoms with van der Waals surface area (Å²) in [5.41, 5.74) is 0.641. The monoisotopic (exact) mass is 533 g/mol. The molecule has 0 heterocycles. The molecule has 1 aliphatic rings. The standard InChI is InChI=1S/C27H39N3O6S/c1-7-18-10-8-11-19(16-18)23(24(32)28-17-22(31)35-5)30(20-12-9-13-20)25(33)21(14-15-37-6)29-26(34)36-27(2,3)4/h7-8,10-11,16,20-21,23H,1,9,12-15,17H2,2-6H3,(H,28,32)(H,29,34). The summed E-state index contributed by atoms with van der Waals surface area (Å²) in [5, 5.41) is 5.34. The van der Waals surface area contributed by atoms with E-state index in [0.717, 1.165) is 24.8 Å². The molecule has 2 rings (SSSR count). The zero-order valence-corrected chi connectivity index (χ0v) is 23.2. The van der Waals surface area contributed by atoms with Crippen LogP contribution in [0.1, 0.15) is 63.6 Å². The lowest BCUT2D eigenvalue weighted by Gasteiger charge is -2.43. The van der Waals surface area contributed by atoms with Gasteiger partial charge in [-0.25, -0.2) is 4.79 Å². The number of carbonyl (C=O) groups excluding carboxylic acids is 4. The fraction of sp³-hybridized carbons (Fsp3) is 0.556. The van der Waals surface area contributed by atoms with Crippen molar-refractivity contribution in [3.05, 3.63) is 42.0 Å². The maximum Gasteiger partial charge on any atom is 0.408 e. The smallest absolute Gasteiger partial charge is 0.408 e. The summed E-state index contributed by atoms with van der Waals surface area (Å²) in [7, 11) is 1.24. The Hall–Kier alpha value is -3.01. The number of nitrogens with one attached hydrogen (secondary N) is 2. The molecule has 2 N–H and O–H groups in total. The molecule has 2 unspecified atom stereocenters. The third kappa shape index (κ3) is 9.10. The molecule has 37 heavy (non-hydrogen) atoms. The van der Waals surface area contributed by atoms with Crippen molar-refractivity contribution < 1.29 is 28.7 Å². The Bertz CT molecular complexity index is 973. The minimum atomic E-state index is -1.01. The van der Waals surface area contributed by atoms with Gasteiger partial charge in [0, 0.05) is 6.04 Å². The lowest BCUT2D eigenvalue weighted by Crippen LogP contribution is -2.57. The van der Waals surface area contributed by atoms with Crippen molar-refractivity contribution in [3.8, 4) is 0 Å². The summed E-state index contributed by atoms with van der Waals surface area (Å²) >= 11 is 1.55. The number of hydrogen-bond acceptors (Lipinski definition) is 7. The van der Waals surface area contributed by atoms with Gasteiger partial charge in [0.15, 0.2) is 0 Å². The van der Waals surface area contributed by atoms with Gasteiger partial charge < -0.3 is 25.0 Å². The summed E-state index contributed by atoms with van der Waals surface area (Å²) in [6, 6.07) is 5.12. The van der Waals surface area contributed by atoms with Crippen LogP contribution in [-0.4, -0.2) is 72.1 Å². The van der Waals surface area contributed by atoms with Crippen molar-refractivity contribution in [3.63, 3.8) is 0 Å². The normalized spacial score (nSPS) is 14.9. The first-order chi connectivity index (χ1) is 17.5. The number of rotatable bonds is 12. The van der Waals surface area contributed by atoms with Gasteiger partial charge in [-0.15, -0.1) is 0 Å². The second-order valence-electron chi connectivity index (χ2n) is 9.88. The van der Waals surface area contributed by atoms with E-state index >= 15 is 0 Å². The molecule has 1 saturated carbocycles. The van der Waals surface area contributed by atoms with Gasteiger partial charge in [-0.2, -0.15) is 11.8 Å². The maximum atomic E-state index is 14.1. The van der Waals surface area contributed by atoms with Gasteiger partial charge in [-0.05, 0) is 75.7 Å². The molecule has 1 aromatic carbocycles. The Morgan fingerprint density at radius 2 is 1.95 bits per heavy atom. The molecule has 1 fully saturated rings. The number of thioether (sulfide) groups is 1. The van der Waals surface area contributed by atoms with Crippen LogP contribution in [-0.2, 0) is 23.9 Å². The minimum Gasteiger partial charge on any atom is -0.468 e. The van der Waals surface area contributed by atoms with Crippen molar-refractivity contribution in [2.75, 3.05) is 25.7 Å². The third-order valence-corrected chi connectivity index (χ3v) is 6.59. The quantitative estimate of drug-likeness (QED) is 0.394. The van der Waals surface area contributed by atoms with Crippen LogP contribution in [0.4, 0.5) is 4.79 Å². The number of benzene rings is 1. The summed E-state index contributed by atoms with van der Waals surface area (Å²) < 4.78 is 10.1. The summed E-state index contributed by atoms with van der Waals surface area (Å²) in [4.78, 5) is 53.6. The molecule has 0 bridgehead atoms. The van der Waals surface area contributed by atoms with Gasteiger partial charge in [-0.3, -0.25) is 14.4 Å². The van der Waals surface area contributed by atoms with E-state index in [0.29, 0.717) is 17.7 Å². The molecule has 1 aromatic rings. The van der Waals surface area contributed by atoms with Gasteiger partial charge in [0.25, 0.3) is 0 Å². The zero-order valence-electron chi connectivity index (χ0n) is 22.4. The molecule has 0 aliphatic heterocycles.